The second-order valence-electron chi connectivity index (χ2n) is 6.94. The molecule has 1 amide bonds. The lowest BCUT2D eigenvalue weighted by molar-refractivity contribution is 0.100. The molecule has 0 atom stereocenters. The highest BCUT2D eigenvalue weighted by Gasteiger charge is 2.20. The molecule has 9 heteroatoms. The van der Waals surface area contributed by atoms with Crippen molar-refractivity contribution in [2.75, 3.05) is 26.2 Å². The van der Waals surface area contributed by atoms with Gasteiger partial charge in [0.05, 0.1) is 17.6 Å². The minimum Gasteiger partial charge on any atom is -0.507 e. The molecule has 0 unspecified atom stereocenters. The van der Waals surface area contributed by atoms with Crippen LogP contribution in [0, 0.1) is 6.92 Å². The summed E-state index contributed by atoms with van der Waals surface area (Å²) < 4.78 is 0. The summed E-state index contributed by atoms with van der Waals surface area (Å²) in [5.41, 5.74) is 6.56. The van der Waals surface area contributed by atoms with Crippen LogP contribution in [0.5, 0.6) is 17.2 Å². The molecule has 3 aromatic rings. The molecule has 0 fully saturated rings. The Morgan fingerprint density at radius 1 is 1.10 bits per heavy atom. The number of carbonyl (C=O) groups excluding carboxylic acids is 1. The molecular weight excluding hydrogens is 386 g/mol. The van der Waals surface area contributed by atoms with Crippen molar-refractivity contribution < 1.29 is 20.1 Å². The van der Waals surface area contributed by atoms with Crippen LogP contribution in [0.2, 0.25) is 0 Å². The van der Waals surface area contributed by atoms with Crippen molar-refractivity contribution in [1.29, 1.82) is 0 Å². The quantitative estimate of drug-likeness (QED) is 0.344. The summed E-state index contributed by atoms with van der Waals surface area (Å²) in [5.74, 6) is -1.38. The van der Waals surface area contributed by atoms with Crippen LogP contribution >= 0.6 is 0 Å². The normalized spacial score (nSPS) is 11.9. The molecule has 9 nitrogen and oxygen atoms in total. The number of rotatable bonds is 7. The Morgan fingerprint density at radius 2 is 1.80 bits per heavy atom. The van der Waals surface area contributed by atoms with Crippen molar-refractivity contribution in [3.05, 3.63) is 28.8 Å². The molecule has 5 N–H and O–H groups in total. The number of aromatic hydroxyl groups is 3. The van der Waals surface area contributed by atoms with E-state index in [2.05, 4.69) is 33.7 Å². The van der Waals surface area contributed by atoms with Crippen molar-refractivity contribution in [1.82, 2.24) is 14.9 Å². The zero-order chi connectivity index (χ0) is 22.0. The number of phenols is 3. The van der Waals surface area contributed by atoms with Gasteiger partial charge in [0.2, 0.25) is 0 Å². The summed E-state index contributed by atoms with van der Waals surface area (Å²) in [6.07, 6.45) is 1.48. The first-order valence-corrected chi connectivity index (χ1v) is 9.69. The maximum atomic E-state index is 12.2. The van der Waals surface area contributed by atoms with Crippen LogP contribution in [0.4, 0.5) is 0 Å². The number of primary amides is 1. The predicted octanol–water partition coefficient (Wildman–Crippen LogP) is 2.07. The Bertz CT molecular complexity index is 1160. The molecule has 0 radical (unpaired) electrons. The van der Waals surface area contributed by atoms with E-state index in [0.717, 1.165) is 19.6 Å². The maximum absolute atomic E-state index is 12.2. The number of aromatic nitrogens is 2. The number of hydrogen-bond acceptors (Lipinski definition) is 8. The van der Waals surface area contributed by atoms with Crippen molar-refractivity contribution in [2.45, 2.75) is 20.8 Å². The number of nitrogens with two attached hydrogens (primary N) is 1. The number of aliphatic imine (C=N–C) groups is 1. The molecule has 0 spiro atoms. The smallest absolute Gasteiger partial charge is 0.251 e. The van der Waals surface area contributed by atoms with E-state index in [-0.39, 0.29) is 50.4 Å². The van der Waals surface area contributed by atoms with Crippen molar-refractivity contribution in [3.8, 4) is 17.2 Å². The second kappa shape index (κ2) is 8.50. The Kier molecular flexibility index (Phi) is 6.02. The first-order chi connectivity index (χ1) is 14.3. The summed E-state index contributed by atoms with van der Waals surface area (Å²) in [6, 6.07) is 2.69. The van der Waals surface area contributed by atoms with E-state index in [1.807, 2.05) is 0 Å². The molecule has 0 bridgehead atoms. The van der Waals surface area contributed by atoms with Crippen LogP contribution < -0.4 is 5.73 Å². The SMILES string of the molecule is CCN(CC)CCN=Cc1cc(O)c2nc3cc(O)c(C)c(O)c3nc2c1C(N)=O. The number of benzene rings is 2. The molecule has 0 saturated heterocycles. The van der Waals surface area contributed by atoms with Crippen LogP contribution in [-0.4, -0.2) is 68.5 Å². The molecule has 158 valence electrons. The highest BCUT2D eigenvalue weighted by Crippen LogP contribution is 2.36. The summed E-state index contributed by atoms with van der Waals surface area (Å²) in [6.45, 7) is 8.77. The van der Waals surface area contributed by atoms with E-state index in [1.54, 1.807) is 0 Å². The van der Waals surface area contributed by atoms with Gasteiger partial charge in [0.25, 0.3) is 5.91 Å². The van der Waals surface area contributed by atoms with Crippen LogP contribution in [0.3, 0.4) is 0 Å². The van der Waals surface area contributed by atoms with Gasteiger partial charge in [-0.1, -0.05) is 13.8 Å². The molecule has 0 aliphatic heterocycles. The van der Waals surface area contributed by atoms with E-state index in [4.69, 9.17) is 5.73 Å². The van der Waals surface area contributed by atoms with Gasteiger partial charge in [-0.05, 0) is 26.1 Å². The van der Waals surface area contributed by atoms with E-state index < -0.39 is 5.91 Å². The lowest BCUT2D eigenvalue weighted by Gasteiger charge is -2.16. The number of likely N-dealkylation sites (N-methyl/N-ethyl adjacent to an activating group) is 1. The summed E-state index contributed by atoms with van der Waals surface area (Å²) in [7, 11) is 0. The van der Waals surface area contributed by atoms with E-state index in [0.29, 0.717) is 12.1 Å². The van der Waals surface area contributed by atoms with Crippen LogP contribution in [0.15, 0.2) is 17.1 Å². The maximum Gasteiger partial charge on any atom is 0.251 e. The lowest BCUT2D eigenvalue weighted by atomic mass is 10.0. The van der Waals surface area contributed by atoms with Crippen LogP contribution in [0.25, 0.3) is 22.1 Å². The number of fused-ring (bicyclic) bond motifs is 2. The summed E-state index contributed by atoms with van der Waals surface area (Å²) >= 11 is 0. The minimum atomic E-state index is -0.756. The molecule has 0 aliphatic carbocycles. The second-order valence-corrected chi connectivity index (χ2v) is 6.94. The van der Waals surface area contributed by atoms with Gasteiger partial charge in [-0.3, -0.25) is 9.79 Å². The average molecular weight is 411 g/mol. The van der Waals surface area contributed by atoms with Gasteiger partial charge >= 0.3 is 0 Å². The monoisotopic (exact) mass is 411 g/mol. The molecule has 2 aromatic carbocycles. The molecule has 30 heavy (non-hydrogen) atoms. The lowest BCUT2D eigenvalue weighted by Crippen LogP contribution is -2.25. The highest BCUT2D eigenvalue weighted by molar-refractivity contribution is 6.13. The van der Waals surface area contributed by atoms with Gasteiger partial charge in [-0.15, -0.1) is 0 Å². The van der Waals surface area contributed by atoms with Gasteiger partial charge in [-0.2, -0.15) is 0 Å². The summed E-state index contributed by atoms with van der Waals surface area (Å²) in [4.78, 5) is 27.4. The number of nitrogens with zero attached hydrogens (tertiary/aromatic N) is 4. The molecule has 0 aliphatic rings. The standard InChI is InChI=1S/C21H25N5O4/c1-4-26(5-2)7-6-23-10-12-8-15(28)18-19(16(12)21(22)30)25-17-13(24-18)9-14(27)11(3)20(17)29/h8-10,27-29H,4-7H2,1-3H3,(H2,22,30). The van der Waals surface area contributed by atoms with E-state index in [1.165, 1.54) is 25.3 Å². The third-order valence-corrected chi connectivity index (χ3v) is 5.14. The average Bonchev–Trinajstić information content (AvgIpc) is 2.71. The Labute approximate surface area is 173 Å². The number of hydrogen-bond donors (Lipinski definition) is 4. The summed E-state index contributed by atoms with van der Waals surface area (Å²) in [5, 5.41) is 30.8. The Balaban J connectivity index is 2.16. The fraction of sp³-hybridized carbons (Fsp3) is 0.333. The van der Waals surface area contributed by atoms with Gasteiger partial charge in [0, 0.05) is 30.0 Å². The van der Waals surface area contributed by atoms with Crippen LogP contribution in [-0.2, 0) is 0 Å². The molecule has 0 saturated carbocycles. The van der Waals surface area contributed by atoms with Gasteiger partial charge < -0.3 is 26.0 Å². The molecule has 3 rings (SSSR count). The predicted molar refractivity (Wildman–Crippen MR) is 116 cm³/mol. The number of amides is 1. The number of phenolic OH excluding ortho intramolecular Hbond substituents is 3. The minimum absolute atomic E-state index is 0.0410. The topological polar surface area (TPSA) is 145 Å². The fourth-order valence-electron chi connectivity index (χ4n) is 3.30. The zero-order valence-corrected chi connectivity index (χ0v) is 17.2. The third-order valence-electron chi connectivity index (χ3n) is 5.14. The van der Waals surface area contributed by atoms with E-state index >= 15 is 0 Å². The van der Waals surface area contributed by atoms with Crippen LogP contribution in [0.1, 0.15) is 35.3 Å². The Morgan fingerprint density at radius 3 is 2.43 bits per heavy atom. The Hall–Kier alpha value is -3.46. The van der Waals surface area contributed by atoms with Gasteiger partial charge in [0.1, 0.15) is 33.8 Å². The third kappa shape index (κ3) is 3.84. The van der Waals surface area contributed by atoms with Crippen molar-refractivity contribution in [2.24, 2.45) is 10.7 Å². The van der Waals surface area contributed by atoms with Crippen molar-refractivity contribution >= 4 is 34.2 Å². The van der Waals surface area contributed by atoms with Crippen molar-refractivity contribution in [3.63, 3.8) is 0 Å². The number of carbonyl (C=O) groups is 1. The molecule has 1 aromatic heterocycles. The zero-order valence-electron chi connectivity index (χ0n) is 17.2. The van der Waals surface area contributed by atoms with Gasteiger partial charge in [-0.25, -0.2) is 9.97 Å². The van der Waals surface area contributed by atoms with Gasteiger partial charge in [0.15, 0.2) is 0 Å². The first-order valence-electron chi connectivity index (χ1n) is 9.69. The first kappa shape index (κ1) is 21.3. The molecular formula is C21H25N5O4. The van der Waals surface area contributed by atoms with E-state index in [9.17, 15) is 20.1 Å². The highest BCUT2D eigenvalue weighted by atomic mass is 16.3. The largest absolute Gasteiger partial charge is 0.507 e. The molecule has 1 heterocycles. The fourth-order valence-corrected chi connectivity index (χ4v) is 3.30.